The Labute approximate surface area is 480 Å². The molecule has 79 heavy (non-hydrogen) atoms. The molecule has 0 spiro atoms. The van der Waals surface area contributed by atoms with Gasteiger partial charge in [-0.05, 0) is 116 Å². The third kappa shape index (κ3) is 44.3. The quantitative estimate of drug-likeness (QED) is 0.0228. The highest BCUT2D eigenvalue weighted by molar-refractivity contribution is 5.74. The molecule has 1 rings (SSSR count). The van der Waals surface area contributed by atoms with Gasteiger partial charge < -0.3 is 39.0 Å². The fraction of sp³-hybridized carbons (Fsp3) is 0.731. The van der Waals surface area contributed by atoms with Crippen LogP contribution in [0.5, 0.6) is 0 Å². The zero-order chi connectivity index (χ0) is 57.5. The van der Waals surface area contributed by atoms with E-state index in [1.54, 1.807) is 0 Å². The summed E-state index contributed by atoms with van der Waals surface area (Å²) in [6.45, 7) is 5.82. The van der Waals surface area contributed by atoms with Crippen molar-refractivity contribution >= 4 is 23.9 Å². The maximum Gasteiger partial charge on any atom is 0.335 e. The SMILES string of the molecule is CC/C=C\C/C=C\C/C=C\C/C=C\CCCCC(=O)OC(COC(=O)CCCCCCCCC/C=C\C/C=C\CCCCC)COC1OC(C(=O)O)C(O)C(O)C1OC(=O)CCCCCCCCC/C=C\CCCCCCCC. The monoisotopic (exact) mass is 1110 g/mol. The molecule has 0 aliphatic carbocycles. The van der Waals surface area contributed by atoms with E-state index in [2.05, 4.69) is 106 Å². The van der Waals surface area contributed by atoms with Crippen LogP contribution in [0, 0.1) is 0 Å². The first-order valence-electron chi connectivity index (χ1n) is 31.6. The van der Waals surface area contributed by atoms with Crippen LogP contribution in [0.25, 0.3) is 0 Å². The van der Waals surface area contributed by atoms with Crippen molar-refractivity contribution in [1.29, 1.82) is 0 Å². The van der Waals surface area contributed by atoms with Crippen LogP contribution in [0.4, 0.5) is 0 Å². The largest absolute Gasteiger partial charge is 0.479 e. The first-order chi connectivity index (χ1) is 38.6. The van der Waals surface area contributed by atoms with Crippen molar-refractivity contribution in [1.82, 2.24) is 0 Å². The summed E-state index contributed by atoms with van der Waals surface area (Å²) >= 11 is 0. The zero-order valence-corrected chi connectivity index (χ0v) is 49.8. The number of carboxylic acid groups (broad SMARTS) is 1. The van der Waals surface area contributed by atoms with Gasteiger partial charge in [0.2, 0.25) is 0 Å². The maximum absolute atomic E-state index is 13.2. The molecule has 0 amide bonds. The Bertz CT molecular complexity index is 1700. The highest BCUT2D eigenvalue weighted by Gasteiger charge is 2.50. The molecule has 1 heterocycles. The number of hydrogen-bond donors (Lipinski definition) is 3. The standard InChI is InChI=1S/C67H112O12/c1-4-7-10-13-16-19-22-25-28-30-33-35-38-41-44-47-50-53-59(68)75-56-58(77-60(69)54-51-48-45-42-39-36-32-27-24-21-18-15-12-9-6-3)57-76-67-65(63(72)62(71)64(79-67)66(73)74)78-61(70)55-52-49-46-43-40-37-34-31-29-26-23-20-17-14-11-8-5-2/h9,12,16,18-19,21,25-29,32,39,42,58,62-65,67,71-72H,4-8,10-11,13-15,17,20,22-24,30-31,33-38,40-41,43-57H2,1-3H3,(H,73,74)/b12-9-,19-16-,21-18-,28-25-,29-26-,32-27-,42-39-. The number of allylic oxidation sites excluding steroid dienone is 14. The van der Waals surface area contributed by atoms with Crippen LogP contribution in [-0.2, 0) is 42.9 Å². The molecule has 1 fully saturated rings. The lowest BCUT2D eigenvalue weighted by atomic mass is 9.98. The average Bonchev–Trinajstić information content (AvgIpc) is 3.46. The van der Waals surface area contributed by atoms with E-state index in [9.17, 15) is 34.5 Å². The molecular weight excluding hydrogens is 997 g/mol. The molecule has 0 aromatic heterocycles. The molecule has 6 unspecified atom stereocenters. The van der Waals surface area contributed by atoms with Crippen molar-refractivity contribution in [2.24, 2.45) is 0 Å². The Morgan fingerprint density at radius 1 is 0.430 bits per heavy atom. The number of carbonyl (C=O) groups is 4. The lowest BCUT2D eigenvalue weighted by Crippen LogP contribution is -2.61. The third-order valence-corrected chi connectivity index (χ3v) is 13.9. The number of hydrogen-bond acceptors (Lipinski definition) is 11. The van der Waals surface area contributed by atoms with Crippen molar-refractivity contribution in [2.75, 3.05) is 13.2 Å². The fourth-order valence-electron chi connectivity index (χ4n) is 9.09. The van der Waals surface area contributed by atoms with Crippen LogP contribution >= 0.6 is 0 Å². The van der Waals surface area contributed by atoms with E-state index >= 15 is 0 Å². The number of carbonyl (C=O) groups excluding carboxylic acids is 3. The number of aliphatic hydroxyl groups is 2. The molecule has 0 saturated carbocycles. The van der Waals surface area contributed by atoms with Crippen LogP contribution < -0.4 is 0 Å². The molecular formula is C67H112O12. The van der Waals surface area contributed by atoms with Crippen molar-refractivity contribution in [3.8, 4) is 0 Å². The van der Waals surface area contributed by atoms with Crippen LogP contribution in [0.2, 0.25) is 0 Å². The number of rotatable bonds is 53. The second-order valence-electron chi connectivity index (χ2n) is 21.3. The summed E-state index contributed by atoms with van der Waals surface area (Å²) in [7, 11) is 0. The van der Waals surface area contributed by atoms with Crippen molar-refractivity contribution in [2.45, 2.75) is 302 Å². The van der Waals surface area contributed by atoms with Crippen molar-refractivity contribution in [3.05, 3.63) is 85.1 Å². The van der Waals surface area contributed by atoms with Crippen LogP contribution in [0.1, 0.15) is 265 Å². The summed E-state index contributed by atoms with van der Waals surface area (Å²) < 4.78 is 28.4. The summed E-state index contributed by atoms with van der Waals surface area (Å²) in [4.78, 5) is 51.2. The molecule has 0 radical (unpaired) electrons. The molecule has 12 nitrogen and oxygen atoms in total. The predicted octanol–water partition coefficient (Wildman–Crippen LogP) is 16.7. The molecule has 1 aliphatic rings. The van der Waals surface area contributed by atoms with Gasteiger partial charge in [-0.15, -0.1) is 0 Å². The van der Waals surface area contributed by atoms with Gasteiger partial charge in [-0.2, -0.15) is 0 Å². The molecule has 6 atom stereocenters. The van der Waals surface area contributed by atoms with Crippen molar-refractivity contribution in [3.63, 3.8) is 0 Å². The summed E-state index contributed by atoms with van der Waals surface area (Å²) in [5, 5.41) is 31.6. The van der Waals surface area contributed by atoms with E-state index in [0.29, 0.717) is 19.3 Å². The normalized spacial score (nSPS) is 18.4. The molecule has 3 N–H and O–H groups in total. The van der Waals surface area contributed by atoms with Gasteiger partial charge in [0.25, 0.3) is 0 Å². The molecule has 1 aliphatic heterocycles. The third-order valence-electron chi connectivity index (χ3n) is 13.9. The summed E-state index contributed by atoms with van der Waals surface area (Å²) in [6, 6.07) is 0. The van der Waals surface area contributed by atoms with Gasteiger partial charge in [0.15, 0.2) is 24.6 Å². The van der Waals surface area contributed by atoms with E-state index in [1.807, 2.05) is 0 Å². The highest BCUT2D eigenvalue weighted by Crippen LogP contribution is 2.26. The van der Waals surface area contributed by atoms with Crippen LogP contribution in [0.3, 0.4) is 0 Å². The lowest BCUT2D eigenvalue weighted by molar-refractivity contribution is -0.301. The lowest BCUT2D eigenvalue weighted by Gasteiger charge is -2.40. The number of unbranched alkanes of at least 4 members (excludes halogenated alkanes) is 25. The minimum absolute atomic E-state index is 0.0475. The summed E-state index contributed by atoms with van der Waals surface area (Å²) in [6.07, 6.45) is 58.3. The van der Waals surface area contributed by atoms with Crippen LogP contribution in [0.15, 0.2) is 85.1 Å². The van der Waals surface area contributed by atoms with Crippen molar-refractivity contribution < 1.29 is 58.2 Å². The average molecular weight is 1110 g/mol. The Hall–Kier alpha value is -4.10. The van der Waals surface area contributed by atoms with E-state index in [0.717, 1.165) is 116 Å². The smallest absolute Gasteiger partial charge is 0.335 e. The number of esters is 3. The maximum atomic E-state index is 13.2. The van der Waals surface area contributed by atoms with E-state index in [1.165, 1.54) is 89.9 Å². The van der Waals surface area contributed by atoms with Gasteiger partial charge in [-0.25, -0.2) is 4.79 Å². The number of aliphatic hydroxyl groups excluding tert-OH is 2. The molecule has 0 aromatic carbocycles. The molecule has 0 aromatic rings. The molecule has 452 valence electrons. The zero-order valence-electron chi connectivity index (χ0n) is 49.8. The van der Waals surface area contributed by atoms with E-state index < -0.39 is 67.3 Å². The Kier molecular flexibility index (Phi) is 50.3. The van der Waals surface area contributed by atoms with E-state index in [4.69, 9.17) is 23.7 Å². The molecule has 1 saturated heterocycles. The van der Waals surface area contributed by atoms with Gasteiger partial charge in [-0.3, -0.25) is 14.4 Å². The topological polar surface area (TPSA) is 175 Å². The highest BCUT2D eigenvalue weighted by atomic mass is 16.7. The predicted molar refractivity (Wildman–Crippen MR) is 321 cm³/mol. The second-order valence-corrected chi connectivity index (χ2v) is 21.3. The second kappa shape index (κ2) is 54.5. The van der Waals surface area contributed by atoms with Gasteiger partial charge in [-0.1, -0.05) is 215 Å². The first kappa shape index (κ1) is 72.9. The number of carboxylic acids is 1. The number of ether oxygens (including phenoxy) is 5. The Balaban J connectivity index is 2.70. The molecule has 12 heteroatoms. The van der Waals surface area contributed by atoms with Gasteiger partial charge in [0, 0.05) is 19.3 Å². The summed E-state index contributed by atoms with van der Waals surface area (Å²) in [5.74, 6) is -3.19. The Morgan fingerprint density at radius 2 is 0.797 bits per heavy atom. The fourth-order valence-corrected chi connectivity index (χ4v) is 9.09. The van der Waals surface area contributed by atoms with Gasteiger partial charge in [0.05, 0.1) is 6.61 Å². The Morgan fingerprint density at radius 3 is 1.28 bits per heavy atom. The van der Waals surface area contributed by atoms with Crippen LogP contribution in [-0.4, -0.2) is 89.2 Å². The van der Waals surface area contributed by atoms with E-state index in [-0.39, 0.29) is 25.9 Å². The van der Waals surface area contributed by atoms with Gasteiger partial charge >= 0.3 is 23.9 Å². The van der Waals surface area contributed by atoms with Gasteiger partial charge in [0.1, 0.15) is 18.8 Å². The first-order valence-corrected chi connectivity index (χ1v) is 31.6. The summed E-state index contributed by atoms with van der Waals surface area (Å²) in [5.41, 5.74) is 0. The molecule has 0 bridgehead atoms. The number of aliphatic carboxylic acids is 1. The minimum atomic E-state index is -1.91. The minimum Gasteiger partial charge on any atom is -0.479 e.